The highest BCUT2D eigenvalue weighted by molar-refractivity contribution is 7.70. The van der Waals surface area contributed by atoms with E-state index in [-0.39, 0.29) is 11.3 Å². The first-order chi connectivity index (χ1) is 8.29. The SMILES string of the molecule is NC(=O)c1cc2cc(C(=O)P(=O)(O)O)ccc2[nH]1. The average Bonchev–Trinajstić information content (AvgIpc) is 2.69. The van der Waals surface area contributed by atoms with E-state index in [9.17, 15) is 14.2 Å². The highest BCUT2D eigenvalue weighted by Gasteiger charge is 2.27. The van der Waals surface area contributed by atoms with Crippen LogP contribution in [-0.4, -0.2) is 26.2 Å². The molecule has 0 spiro atoms. The number of primary amides is 1. The molecule has 7 nitrogen and oxygen atoms in total. The van der Waals surface area contributed by atoms with E-state index in [1.165, 1.54) is 24.3 Å². The van der Waals surface area contributed by atoms with Crippen molar-refractivity contribution in [2.45, 2.75) is 0 Å². The first kappa shape index (κ1) is 12.5. The van der Waals surface area contributed by atoms with Gasteiger partial charge in [0, 0.05) is 16.5 Å². The normalized spacial score (nSPS) is 11.7. The van der Waals surface area contributed by atoms with Crippen molar-refractivity contribution in [2.24, 2.45) is 5.73 Å². The van der Waals surface area contributed by atoms with E-state index in [1.807, 2.05) is 0 Å². The van der Waals surface area contributed by atoms with Crippen LogP contribution in [0.5, 0.6) is 0 Å². The zero-order chi connectivity index (χ0) is 13.5. The van der Waals surface area contributed by atoms with Gasteiger partial charge in [-0.2, -0.15) is 0 Å². The number of rotatable bonds is 3. The van der Waals surface area contributed by atoms with Crippen LogP contribution in [0.4, 0.5) is 0 Å². The van der Waals surface area contributed by atoms with Crippen molar-refractivity contribution in [2.75, 3.05) is 0 Å². The molecule has 1 heterocycles. The maximum Gasteiger partial charge on any atom is 0.396 e. The lowest BCUT2D eigenvalue weighted by Crippen LogP contribution is -2.10. The van der Waals surface area contributed by atoms with Crippen LogP contribution in [0.15, 0.2) is 24.3 Å². The van der Waals surface area contributed by atoms with Crippen molar-refractivity contribution in [3.63, 3.8) is 0 Å². The fourth-order valence-electron chi connectivity index (χ4n) is 1.57. The van der Waals surface area contributed by atoms with Gasteiger partial charge in [0.15, 0.2) is 0 Å². The third-order valence-corrected chi connectivity index (χ3v) is 3.19. The number of fused-ring (bicyclic) bond motifs is 1. The van der Waals surface area contributed by atoms with Crippen LogP contribution >= 0.6 is 7.60 Å². The number of hydrogen-bond acceptors (Lipinski definition) is 3. The molecule has 0 fully saturated rings. The van der Waals surface area contributed by atoms with Crippen LogP contribution in [0, 0.1) is 0 Å². The molecule has 18 heavy (non-hydrogen) atoms. The van der Waals surface area contributed by atoms with Crippen LogP contribution in [0.3, 0.4) is 0 Å². The molecular formula is C10H9N2O5P. The second-order valence-electron chi connectivity index (χ2n) is 3.70. The quantitative estimate of drug-likeness (QED) is 0.604. The Labute approximate surface area is 101 Å². The first-order valence-corrected chi connectivity index (χ1v) is 6.43. The number of H-pyrrole nitrogens is 1. The molecule has 1 aromatic carbocycles. The van der Waals surface area contributed by atoms with Gasteiger partial charge >= 0.3 is 7.60 Å². The van der Waals surface area contributed by atoms with Gasteiger partial charge in [0.2, 0.25) is 0 Å². The van der Waals surface area contributed by atoms with E-state index in [1.54, 1.807) is 0 Å². The molecule has 0 atom stereocenters. The number of hydrogen-bond donors (Lipinski definition) is 4. The predicted molar refractivity (Wildman–Crippen MR) is 63.2 cm³/mol. The molecule has 0 saturated carbocycles. The number of benzene rings is 1. The van der Waals surface area contributed by atoms with Gasteiger partial charge in [-0.25, -0.2) is 0 Å². The summed E-state index contributed by atoms with van der Waals surface area (Å²) >= 11 is 0. The third-order valence-electron chi connectivity index (χ3n) is 2.40. The second kappa shape index (κ2) is 4.06. The summed E-state index contributed by atoms with van der Waals surface area (Å²) in [7, 11) is -4.81. The van der Waals surface area contributed by atoms with E-state index < -0.39 is 19.0 Å². The van der Waals surface area contributed by atoms with E-state index in [0.29, 0.717) is 10.9 Å². The third kappa shape index (κ3) is 2.19. The fourth-order valence-corrected chi connectivity index (χ4v) is 2.04. The molecule has 0 aliphatic carbocycles. The van der Waals surface area contributed by atoms with Crippen LogP contribution in [-0.2, 0) is 4.57 Å². The Bertz CT molecular complexity index is 699. The average molecular weight is 268 g/mol. The summed E-state index contributed by atoms with van der Waals surface area (Å²) in [5.41, 5.74) is 4.41. The molecule has 0 saturated heterocycles. The lowest BCUT2D eigenvalue weighted by atomic mass is 10.2. The Balaban J connectivity index is 2.54. The second-order valence-corrected chi connectivity index (χ2v) is 5.19. The summed E-state index contributed by atoms with van der Waals surface area (Å²) < 4.78 is 10.8. The Morgan fingerprint density at radius 2 is 1.89 bits per heavy atom. The molecule has 1 aromatic heterocycles. The molecule has 0 bridgehead atoms. The highest BCUT2D eigenvalue weighted by Crippen LogP contribution is 2.39. The minimum absolute atomic E-state index is 0.120. The van der Waals surface area contributed by atoms with Crippen LogP contribution in [0.2, 0.25) is 0 Å². The number of aromatic amines is 1. The topological polar surface area (TPSA) is 133 Å². The van der Waals surface area contributed by atoms with Crippen molar-refractivity contribution in [3.05, 3.63) is 35.5 Å². The molecule has 5 N–H and O–H groups in total. The molecule has 0 unspecified atom stereocenters. The summed E-state index contributed by atoms with van der Waals surface area (Å²) in [4.78, 5) is 42.6. The van der Waals surface area contributed by atoms with Crippen molar-refractivity contribution >= 4 is 29.9 Å². The molecular weight excluding hydrogens is 259 g/mol. The van der Waals surface area contributed by atoms with E-state index >= 15 is 0 Å². The van der Waals surface area contributed by atoms with Gasteiger partial charge in [-0.3, -0.25) is 14.2 Å². The molecule has 8 heteroatoms. The maximum atomic E-state index is 11.4. The van der Waals surface area contributed by atoms with E-state index in [4.69, 9.17) is 15.5 Å². The van der Waals surface area contributed by atoms with Gasteiger partial charge in [-0.1, -0.05) is 0 Å². The van der Waals surface area contributed by atoms with Gasteiger partial charge in [0.1, 0.15) is 5.69 Å². The van der Waals surface area contributed by atoms with Crippen molar-refractivity contribution in [1.29, 1.82) is 0 Å². The lowest BCUT2D eigenvalue weighted by molar-refractivity contribution is 0.0995. The molecule has 0 radical (unpaired) electrons. The number of carbonyl (C=O) groups excluding carboxylic acids is 2. The van der Waals surface area contributed by atoms with Gasteiger partial charge < -0.3 is 20.5 Å². The zero-order valence-corrected chi connectivity index (χ0v) is 9.85. The summed E-state index contributed by atoms with van der Waals surface area (Å²) in [6.45, 7) is 0. The predicted octanol–water partition coefficient (Wildman–Crippen LogP) is 0.585. The molecule has 2 aromatic rings. The monoisotopic (exact) mass is 268 g/mol. The molecule has 1 amide bonds. The van der Waals surface area contributed by atoms with E-state index in [0.717, 1.165) is 0 Å². The number of amides is 1. The lowest BCUT2D eigenvalue weighted by Gasteiger charge is -2.02. The summed E-state index contributed by atoms with van der Waals surface area (Å²) in [5, 5.41) is 0.475. The van der Waals surface area contributed by atoms with Crippen LogP contribution < -0.4 is 5.73 Å². The molecule has 0 aliphatic heterocycles. The van der Waals surface area contributed by atoms with Crippen molar-refractivity contribution in [1.82, 2.24) is 4.98 Å². The minimum atomic E-state index is -4.81. The van der Waals surface area contributed by atoms with Gasteiger partial charge in [0.05, 0.1) is 0 Å². The standard InChI is InChI=1S/C10H9N2O5P/c11-9(13)8-4-6-3-5(1-2-7(6)12-8)10(14)18(15,16)17/h1-4,12H,(H2,11,13)(H2,15,16,17). The smallest absolute Gasteiger partial charge is 0.364 e. The van der Waals surface area contributed by atoms with Crippen molar-refractivity contribution < 1.29 is 23.9 Å². The first-order valence-electron chi connectivity index (χ1n) is 4.82. The Morgan fingerprint density at radius 3 is 2.44 bits per heavy atom. The zero-order valence-electron chi connectivity index (χ0n) is 8.95. The van der Waals surface area contributed by atoms with Gasteiger partial charge in [-0.15, -0.1) is 0 Å². The maximum absolute atomic E-state index is 11.4. The molecule has 0 aliphatic rings. The summed E-state index contributed by atoms with van der Waals surface area (Å²) in [5.74, 6) is -0.658. The van der Waals surface area contributed by atoms with Crippen LogP contribution in [0.25, 0.3) is 10.9 Å². The Hall–Kier alpha value is -1.95. The van der Waals surface area contributed by atoms with Gasteiger partial charge in [0.25, 0.3) is 11.4 Å². The largest absolute Gasteiger partial charge is 0.396 e. The minimum Gasteiger partial charge on any atom is -0.364 e. The number of carbonyl (C=O) groups is 2. The molecule has 94 valence electrons. The number of nitrogens with one attached hydrogen (secondary N) is 1. The number of nitrogens with two attached hydrogens (primary N) is 1. The Kier molecular flexibility index (Phi) is 2.82. The number of aromatic nitrogens is 1. The van der Waals surface area contributed by atoms with Gasteiger partial charge in [-0.05, 0) is 24.3 Å². The summed E-state index contributed by atoms with van der Waals surface area (Å²) in [6, 6.07) is 5.42. The Morgan fingerprint density at radius 1 is 1.22 bits per heavy atom. The highest BCUT2D eigenvalue weighted by atomic mass is 31.2. The summed E-state index contributed by atoms with van der Waals surface area (Å²) in [6.07, 6.45) is 0. The fraction of sp³-hybridized carbons (Fsp3) is 0. The van der Waals surface area contributed by atoms with Crippen molar-refractivity contribution in [3.8, 4) is 0 Å². The van der Waals surface area contributed by atoms with E-state index in [2.05, 4.69) is 4.98 Å². The van der Waals surface area contributed by atoms with Crippen LogP contribution in [0.1, 0.15) is 20.8 Å². The molecule has 2 rings (SSSR count).